The molecule has 0 atom stereocenters. The number of nitrogens with zero attached hydrogens (tertiary/aromatic N) is 2. The minimum absolute atomic E-state index is 0.421. The zero-order valence-electron chi connectivity index (χ0n) is 8.36. The number of halogens is 2. The molecule has 15 heavy (non-hydrogen) atoms. The van der Waals surface area contributed by atoms with Crippen LogP contribution in [0.5, 0.6) is 0 Å². The van der Waals surface area contributed by atoms with Crippen LogP contribution in [0.15, 0.2) is 0 Å². The average molecular weight is 428 g/mol. The Morgan fingerprint density at radius 3 is 1.13 bits per heavy atom. The molecule has 0 bridgehead atoms. The van der Waals surface area contributed by atoms with Crippen LogP contribution >= 0.6 is 18.8 Å². The van der Waals surface area contributed by atoms with E-state index in [0.29, 0.717) is 11.8 Å². The second-order valence-electron chi connectivity index (χ2n) is 3.56. The summed E-state index contributed by atoms with van der Waals surface area (Å²) in [6, 6.07) is 4.40. The summed E-state index contributed by atoms with van der Waals surface area (Å²) >= 11 is -0.472. The quantitative estimate of drug-likeness (QED) is 0.586. The number of rotatable bonds is 0. The van der Waals surface area contributed by atoms with Crippen molar-refractivity contribution in [1.82, 2.24) is 0 Å². The molecule has 0 unspecified atom stereocenters. The molecule has 2 fully saturated rings. The zero-order valence-corrected chi connectivity index (χ0v) is 12.1. The maximum atomic E-state index is 8.14. The van der Waals surface area contributed by atoms with Gasteiger partial charge in [0.05, 0.1) is 12.1 Å². The zero-order chi connectivity index (χ0) is 11.5. The molecule has 0 aromatic heterocycles. The third-order valence-corrected chi connectivity index (χ3v) is 2.58. The monoisotopic (exact) mass is 427 g/mol. The van der Waals surface area contributed by atoms with Gasteiger partial charge in [-0.2, -0.15) is 10.5 Å². The van der Waals surface area contributed by atoms with Crippen molar-refractivity contribution in [3.05, 3.63) is 0 Å². The van der Waals surface area contributed by atoms with Gasteiger partial charge in [-0.3, -0.25) is 0 Å². The molecule has 0 aliphatic heterocycles. The first kappa shape index (κ1) is 15.2. The van der Waals surface area contributed by atoms with Crippen molar-refractivity contribution >= 4 is 18.8 Å². The van der Waals surface area contributed by atoms with Gasteiger partial charge in [-0.15, -0.1) is 0 Å². The fraction of sp³-hybridized carbons (Fsp3) is 0.800. The Labute approximate surface area is 108 Å². The van der Waals surface area contributed by atoms with Gasteiger partial charge in [-0.25, -0.2) is 0 Å². The summed E-state index contributed by atoms with van der Waals surface area (Å²) in [4.78, 5) is 0. The SMILES string of the molecule is N#CC1CCC1.N#CC1CCC1.[Cl][Pt][Cl]. The molecule has 2 rings (SSSR count). The third-order valence-electron chi connectivity index (χ3n) is 2.58. The van der Waals surface area contributed by atoms with Crippen molar-refractivity contribution in [3.8, 4) is 12.1 Å². The minimum atomic E-state index is -0.472. The first-order chi connectivity index (χ1) is 7.28. The van der Waals surface area contributed by atoms with Crippen LogP contribution in [0.25, 0.3) is 0 Å². The predicted octanol–water partition coefficient (Wildman–Crippen LogP) is 4.00. The van der Waals surface area contributed by atoms with Crippen LogP contribution in [0.4, 0.5) is 0 Å². The molecule has 5 heteroatoms. The van der Waals surface area contributed by atoms with Crippen molar-refractivity contribution in [2.24, 2.45) is 11.8 Å². The first-order valence-electron chi connectivity index (χ1n) is 4.90. The third kappa shape index (κ3) is 8.10. The summed E-state index contributed by atoms with van der Waals surface area (Å²) in [7, 11) is 9.75. The standard InChI is InChI=1S/2C5H7N.2ClH.Pt/c2*6-4-5-2-1-3-5;;;/h2*5H,1-3H2;2*1H;/q;;;;+2/p-2. The van der Waals surface area contributed by atoms with Crippen molar-refractivity contribution < 1.29 is 16.5 Å². The van der Waals surface area contributed by atoms with E-state index in [9.17, 15) is 0 Å². The molecular formula is C10H14Cl2N2Pt. The van der Waals surface area contributed by atoms with E-state index in [2.05, 4.69) is 12.1 Å². The molecule has 0 spiro atoms. The van der Waals surface area contributed by atoms with Crippen molar-refractivity contribution in [2.75, 3.05) is 0 Å². The fourth-order valence-corrected chi connectivity index (χ4v) is 1.07. The first-order valence-corrected chi connectivity index (χ1v) is 10.5. The Kier molecular flexibility index (Phi) is 10.9. The van der Waals surface area contributed by atoms with E-state index < -0.39 is 16.5 Å². The van der Waals surface area contributed by atoms with E-state index in [1.807, 2.05) is 0 Å². The van der Waals surface area contributed by atoms with Gasteiger partial charge < -0.3 is 0 Å². The molecular weight excluding hydrogens is 414 g/mol. The average Bonchev–Trinajstić information content (AvgIpc) is 2.02. The van der Waals surface area contributed by atoms with Crippen LogP contribution in [-0.2, 0) is 16.5 Å². The molecule has 0 heterocycles. The molecule has 2 saturated carbocycles. The second-order valence-corrected chi connectivity index (χ2v) is 6.84. The summed E-state index contributed by atoms with van der Waals surface area (Å²) in [6.07, 6.45) is 7.15. The molecule has 0 aromatic rings. The normalized spacial score (nSPS) is 18.9. The number of nitriles is 2. The number of hydrogen-bond donors (Lipinski definition) is 0. The van der Waals surface area contributed by atoms with Gasteiger partial charge in [0.15, 0.2) is 0 Å². The van der Waals surface area contributed by atoms with Gasteiger partial charge in [-0.05, 0) is 25.7 Å². The Morgan fingerprint density at radius 1 is 0.867 bits per heavy atom. The number of hydrogen-bond acceptors (Lipinski definition) is 2. The van der Waals surface area contributed by atoms with E-state index in [-0.39, 0.29) is 0 Å². The van der Waals surface area contributed by atoms with E-state index in [1.165, 1.54) is 12.8 Å². The van der Waals surface area contributed by atoms with Crippen LogP contribution in [0.3, 0.4) is 0 Å². The van der Waals surface area contributed by atoms with Crippen LogP contribution in [0.2, 0.25) is 0 Å². The Balaban J connectivity index is 0.000000210. The van der Waals surface area contributed by atoms with E-state index in [0.717, 1.165) is 25.7 Å². The van der Waals surface area contributed by atoms with Gasteiger partial charge >= 0.3 is 35.3 Å². The summed E-state index contributed by atoms with van der Waals surface area (Å²) in [5.74, 6) is 0.843. The molecule has 2 aliphatic carbocycles. The van der Waals surface area contributed by atoms with Gasteiger partial charge in [0.25, 0.3) is 0 Å². The maximum absolute atomic E-state index is 8.14. The van der Waals surface area contributed by atoms with Crippen LogP contribution < -0.4 is 0 Å². The van der Waals surface area contributed by atoms with E-state index >= 15 is 0 Å². The van der Waals surface area contributed by atoms with Gasteiger partial charge in [0.1, 0.15) is 0 Å². The molecule has 0 amide bonds. The van der Waals surface area contributed by atoms with Crippen molar-refractivity contribution in [1.29, 1.82) is 10.5 Å². The van der Waals surface area contributed by atoms with Crippen LogP contribution in [0, 0.1) is 34.5 Å². The molecule has 0 N–H and O–H groups in total. The van der Waals surface area contributed by atoms with Crippen molar-refractivity contribution in [3.63, 3.8) is 0 Å². The summed E-state index contributed by atoms with van der Waals surface area (Å²) in [6.45, 7) is 0. The van der Waals surface area contributed by atoms with Crippen LogP contribution in [0.1, 0.15) is 38.5 Å². The summed E-state index contributed by atoms with van der Waals surface area (Å²) in [5.41, 5.74) is 0. The second kappa shape index (κ2) is 10.8. The van der Waals surface area contributed by atoms with Crippen LogP contribution in [-0.4, -0.2) is 0 Å². The predicted molar refractivity (Wildman–Crippen MR) is 57.6 cm³/mol. The summed E-state index contributed by atoms with van der Waals surface area (Å²) in [5, 5.41) is 16.3. The van der Waals surface area contributed by atoms with Crippen molar-refractivity contribution in [2.45, 2.75) is 38.5 Å². The van der Waals surface area contributed by atoms with Gasteiger partial charge in [0.2, 0.25) is 0 Å². The Hall–Kier alpha value is 0.248. The topological polar surface area (TPSA) is 47.6 Å². The van der Waals surface area contributed by atoms with Gasteiger partial charge in [-0.1, -0.05) is 12.8 Å². The molecule has 2 nitrogen and oxygen atoms in total. The molecule has 0 saturated heterocycles. The van der Waals surface area contributed by atoms with Gasteiger partial charge in [0, 0.05) is 11.8 Å². The molecule has 0 radical (unpaired) electrons. The molecule has 0 aromatic carbocycles. The fourth-order valence-electron chi connectivity index (χ4n) is 1.07. The summed E-state index contributed by atoms with van der Waals surface area (Å²) < 4.78 is 0. The van der Waals surface area contributed by atoms with E-state index in [1.54, 1.807) is 0 Å². The Morgan fingerprint density at radius 2 is 1.13 bits per heavy atom. The molecule has 88 valence electrons. The Bertz CT molecular complexity index is 203. The molecule has 2 aliphatic rings. The van der Waals surface area contributed by atoms with E-state index in [4.69, 9.17) is 29.4 Å².